The summed E-state index contributed by atoms with van der Waals surface area (Å²) in [5.74, 6) is 1.93. The van der Waals surface area contributed by atoms with E-state index in [0.717, 1.165) is 12.8 Å². The molecule has 2 aliphatic rings. The number of carbonyl (C=O) groups is 1. The SMILES string of the molecule is CC(Oc1ccc2c(c1)OCO2)C(=O)NC1CCCCC1. The molecule has 114 valence electrons. The molecular formula is C16H21NO4. The Morgan fingerprint density at radius 2 is 2.00 bits per heavy atom. The van der Waals surface area contributed by atoms with E-state index >= 15 is 0 Å². The molecule has 1 aliphatic heterocycles. The summed E-state index contributed by atoms with van der Waals surface area (Å²) in [6, 6.07) is 5.64. The number of fused-ring (bicyclic) bond motifs is 1. The molecule has 1 atom stereocenters. The molecule has 1 aromatic carbocycles. The van der Waals surface area contributed by atoms with Gasteiger partial charge in [-0.2, -0.15) is 0 Å². The highest BCUT2D eigenvalue weighted by Crippen LogP contribution is 2.35. The summed E-state index contributed by atoms with van der Waals surface area (Å²) in [5, 5.41) is 3.07. The molecule has 1 N–H and O–H groups in total. The van der Waals surface area contributed by atoms with Crippen LogP contribution >= 0.6 is 0 Å². The fourth-order valence-corrected chi connectivity index (χ4v) is 2.77. The summed E-state index contributed by atoms with van der Waals surface area (Å²) in [6.45, 7) is 2.00. The third-order valence-electron chi connectivity index (χ3n) is 3.98. The van der Waals surface area contributed by atoms with Crippen molar-refractivity contribution < 1.29 is 19.0 Å². The Labute approximate surface area is 124 Å². The van der Waals surface area contributed by atoms with Crippen LogP contribution in [-0.2, 0) is 4.79 Å². The molecule has 1 heterocycles. The number of nitrogens with one attached hydrogen (secondary N) is 1. The van der Waals surface area contributed by atoms with E-state index < -0.39 is 6.10 Å². The van der Waals surface area contributed by atoms with Crippen molar-refractivity contribution >= 4 is 5.91 Å². The molecule has 0 saturated heterocycles. The smallest absolute Gasteiger partial charge is 0.260 e. The number of ether oxygens (including phenoxy) is 3. The van der Waals surface area contributed by atoms with Crippen LogP contribution in [0.5, 0.6) is 17.2 Å². The van der Waals surface area contributed by atoms with E-state index in [2.05, 4.69) is 5.32 Å². The van der Waals surface area contributed by atoms with Crippen molar-refractivity contribution in [3.8, 4) is 17.2 Å². The average Bonchev–Trinajstić information content (AvgIpc) is 2.95. The quantitative estimate of drug-likeness (QED) is 0.926. The second-order valence-electron chi connectivity index (χ2n) is 5.62. The zero-order valence-electron chi connectivity index (χ0n) is 12.3. The van der Waals surface area contributed by atoms with Gasteiger partial charge in [0.1, 0.15) is 5.75 Å². The molecule has 1 aliphatic carbocycles. The molecule has 1 saturated carbocycles. The van der Waals surface area contributed by atoms with Crippen molar-refractivity contribution in [1.29, 1.82) is 0 Å². The van der Waals surface area contributed by atoms with Gasteiger partial charge in [0.2, 0.25) is 6.79 Å². The first-order valence-corrected chi connectivity index (χ1v) is 7.59. The van der Waals surface area contributed by atoms with Gasteiger partial charge in [-0.25, -0.2) is 0 Å². The van der Waals surface area contributed by atoms with Crippen molar-refractivity contribution in [1.82, 2.24) is 5.32 Å². The fraction of sp³-hybridized carbons (Fsp3) is 0.562. The van der Waals surface area contributed by atoms with Gasteiger partial charge in [0.15, 0.2) is 17.6 Å². The van der Waals surface area contributed by atoms with E-state index in [1.165, 1.54) is 19.3 Å². The van der Waals surface area contributed by atoms with Crippen molar-refractivity contribution in [2.45, 2.75) is 51.2 Å². The summed E-state index contributed by atoms with van der Waals surface area (Å²) < 4.78 is 16.2. The Kier molecular flexibility index (Phi) is 4.18. The molecule has 0 radical (unpaired) electrons. The van der Waals surface area contributed by atoms with Gasteiger partial charge in [0.25, 0.3) is 5.91 Å². The first-order valence-electron chi connectivity index (χ1n) is 7.59. The predicted octanol–water partition coefficient (Wildman–Crippen LogP) is 2.63. The van der Waals surface area contributed by atoms with Crippen LogP contribution < -0.4 is 19.5 Å². The zero-order chi connectivity index (χ0) is 14.7. The molecule has 3 rings (SSSR count). The van der Waals surface area contributed by atoms with Crippen LogP contribution in [-0.4, -0.2) is 24.8 Å². The highest BCUT2D eigenvalue weighted by molar-refractivity contribution is 5.81. The van der Waals surface area contributed by atoms with E-state index in [4.69, 9.17) is 14.2 Å². The average molecular weight is 291 g/mol. The largest absolute Gasteiger partial charge is 0.481 e. The number of amides is 1. The number of hydrogen-bond acceptors (Lipinski definition) is 4. The molecule has 0 bridgehead atoms. The van der Waals surface area contributed by atoms with Crippen LogP contribution in [0.4, 0.5) is 0 Å². The van der Waals surface area contributed by atoms with Crippen LogP contribution in [0.25, 0.3) is 0 Å². The maximum atomic E-state index is 12.2. The van der Waals surface area contributed by atoms with Gasteiger partial charge >= 0.3 is 0 Å². The molecule has 5 heteroatoms. The number of benzene rings is 1. The van der Waals surface area contributed by atoms with E-state index in [-0.39, 0.29) is 12.7 Å². The lowest BCUT2D eigenvalue weighted by Crippen LogP contribution is -2.43. The van der Waals surface area contributed by atoms with Gasteiger partial charge in [-0.1, -0.05) is 19.3 Å². The second-order valence-corrected chi connectivity index (χ2v) is 5.62. The lowest BCUT2D eigenvalue weighted by molar-refractivity contribution is -0.128. The highest BCUT2D eigenvalue weighted by Gasteiger charge is 2.21. The van der Waals surface area contributed by atoms with Crippen molar-refractivity contribution in [3.63, 3.8) is 0 Å². The van der Waals surface area contributed by atoms with Crippen molar-refractivity contribution in [2.24, 2.45) is 0 Å². The van der Waals surface area contributed by atoms with Gasteiger partial charge in [0, 0.05) is 12.1 Å². The lowest BCUT2D eigenvalue weighted by atomic mass is 9.95. The van der Waals surface area contributed by atoms with Crippen LogP contribution in [0, 0.1) is 0 Å². The van der Waals surface area contributed by atoms with Gasteiger partial charge in [-0.3, -0.25) is 4.79 Å². The lowest BCUT2D eigenvalue weighted by Gasteiger charge is -2.24. The van der Waals surface area contributed by atoms with E-state index in [0.29, 0.717) is 23.3 Å². The molecule has 1 amide bonds. The first-order chi connectivity index (χ1) is 10.2. The molecule has 1 unspecified atom stereocenters. The Bertz CT molecular complexity index is 511. The molecule has 5 nitrogen and oxygen atoms in total. The molecule has 21 heavy (non-hydrogen) atoms. The molecule has 1 aromatic rings. The first kappa shape index (κ1) is 14.0. The molecule has 0 aromatic heterocycles. The minimum Gasteiger partial charge on any atom is -0.481 e. The minimum atomic E-state index is -0.521. The zero-order valence-corrected chi connectivity index (χ0v) is 12.3. The number of rotatable bonds is 4. The van der Waals surface area contributed by atoms with Crippen molar-refractivity contribution in [3.05, 3.63) is 18.2 Å². The van der Waals surface area contributed by atoms with Crippen molar-refractivity contribution in [2.75, 3.05) is 6.79 Å². The topological polar surface area (TPSA) is 56.8 Å². The molecular weight excluding hydrogens is 270 g/mol. The van der Waals surface area contributed by atoms with Crippen LogP contribution in [0.2, 0.25) is 0 Å². The Morgan fingerprint density at radius 1 is 1.24 bits per heavy atom. The van der Waals surface area contributed by atoms with E-state index in [1.54, 1.807) is 25.1 Å². The maximum Gasteiger partial charge on any atom is 0.260 e. The molecule has 1 fully saturated rings. The minimum absolute atomic E-state index is 0.0560. The predicted molar refractivity (Wildman–Crippen MR) is 77.7 cm³/mol. The summed E-state index contributed by atoms with van der Waals surface area (Å²) in [7, 11) is 0. The molecule has 0 spiro atoms. The second kappa shape index (κ2) is 6.24. The Hall–Kier alpha value is -1.91. The van der Waals surface area contributed by atoms with Gasteiger partial charge in [-0.05, 0) is 31.9 Å². The van der Waals surface area contributed by atoms with E-state index in [9.17, 15) is 4.79 Å². The summed E-state index contributed by atoms with van der Waals surface area (Å²) in [6.07, 6.45) is 5.29. The Morgan fingerprint density at radius 3 is 2.81 bits per heavy atom. The standard InChI is InChI=1S/C16H21NO4/c1-11(16(18)17-12-5-3-2-4-6-12)21-13-7-8-14-15(9-13)20-10-19-14/h7-9,11-12H,2-6,10H2,1H3,(H,17,18). The van der Waals surface area contributed by atoms with Gasteiger partial charge < -0.3 is 19.5 Å². The number of hydrogen-bond donors (Lipinski definition) is 1. The van der Waals surface area contributed by atoms with Crippen LogP contribution in [0.3, 0.4) is 0 Å². The van der Waals surface area contributed by atoms with Gasteiger partial charge in [-0.15, -0.1) is 0 Å². The summed E-state index contributed by atoms with van der Waals surface area (Å²) in [4.78, 5) is 12.2. The Balaban J connectivity index is 1.55. The highest BCUT2D eigenvalue weighted by atomic mass is 16.7. The third-order valence-corrected chi connectivity index (χ3v) is 3.98. The van der Waals surface area contributed by atoms with Crippen LogP contribution in [0.15, 0.2) is 18.2 Å². The summed E-state index contributed by atoms with van der Waals surface area (Å²) in [5.41, 5.74) is 0. The monoisotopic (exact) mass is 291 g/mol. The third kappa shape index (κ3) is 3.40. The van der Waals surface area contributed by atoms with Crippen LogP contribution in [0.1, 0.15) is 39.0 Å². The number of carbonyl (C=O) groups excluding carboxylic acids is 1. The van der Waals surface area contributed by atoms with Gasteiger partial charge in [0.05, 0.1) is 0 Å². The maximum absolute atomic E-state index is 12.2. The summed E-state index contributed by atoms with van der Waals surface area (Å²) >= 11 is 0. The van der Waals surface area contributed by atoms with E-state index in [1.807, 2.05) is 0 Å². The fourth-order valence-electron chi connectivity index (χ4n) is 2.77. The normalized spacial score (nSPS) is 19.1.